The molecule has 18 heavy (non-hydrogen) atoms. The number of rotatable bonds is 5. The predicted octanol–water partition coefficient (Wildman–Crippen LogP) is 2.53. The van der Waals surface area contributed by atoms with Crippen molar-refractivity contribution in [1.82, 2.24) is 14.7 Å². The highest BCUT2D eigenvalue weighted by Gasteiger charge is 2.10. The number of aromatic nitrogens is 2. The second-order valence-electron chi connectivity index (χ2n) is 4.47. The molecule has 2 aromatic heterocycles. The molecule has 2 heterocycles. The third-order valence-corrected chi connectivity index (χ3v) is 3.24. The van der Waals surface area contributed by atoms with Crippen molar-refractivity contribution in [2.24, 2.45) is 0 Å². The van der Waals surface area contributed by atoms with Gasteiger partial charge in [0.25, 0.3) is 0 Å². The summed E-state index contributed by atoms with van der Waals surface area (Å²) in [6, 6.07) is 6.43. The van der Waals surface area contributed by atoms with Gasteiger partial charge in [-0.1, -0.05) is 13.0 Å². The van der Waals surface area contributed by atoms with Crippen LogP contribution in [0.5, 0.6) is 0 Å². The SMILES string of the molecule is C#CCC(CC)NCc1c(C)nc2ccccn12. The number of hydrogen-bond acceptors (Lipinski definition) is 2. The van der Waals surface area contributed by atoms with Crippen LogP contribution in [0.2, 0.25) is 0 Å². The predicted molar refractivity (Wildman–Crippen MR) is 74.3 cm³/mol. The number of nitrogens with zero attached hydrogens (tertiary/aromatic N) is 2. The largest absolute Gasteiger partial charge is 0.307 e. The van der Waals surface area contributed by atoms with E-state index in [0.717, 1.165) is 30.7 Å². The summed E-state index contributed by atoms with van der Waals surface area (Å²) in [6.45, 7) is 5.00. The van der Waals surface area contributed by atoms with E-state index in [0.29, 0.717) is 6.04 Å². The lowest BCUT2D eigenvalue weighted by molar-refractivity contribution is 0.500. The third-order valence-electron chi connectivity index (χ3n) is 3.24. The molecule has 0 aliphatic carbocycles. The van der Waals surface area contributed by atoms with Crippen LogP contribution in [0.4, 0.5) is 0 Å². The van der Waals surface area contributed by atoms with Crippen LogP contribution in [0.25, 0.3) is 5.65 Å². The number of nitrogens with one attached hydrogen (secondary N) is 1. The van der Waals surface area contributed by atoms with Gasteiger partial charge in [0.05, 0.1) is 11.4 Å². The molecule has 0 fully saturated rings. The summed E-state index contributed by atoms with van der Waals surface area (Å²) in [4.78, 5) is 4.55. The minimum atomic E-state index is 0.378. The molecule has 0 aliphatic heterocycles. The van der Waals surface area contributed by atoms with Crippen LogP contribution in [0.1, 0.15) is 31.2 Å². The summed E-state index contributed by atoms with van der Waals surface area (Å²) in [5.41, 5.74) is 3.28. The summed E-state index contributed by atoms with van der Waals surface area (Å²) in [5.74, 6) is 2.72. The van der Waals surface area contributed by atoms with Gasteiger partial charge in [0, 0.05) is 25.2 Å². The molecular weight excluding hydrogens is 222 g/mol. The topological polar surface area (TPSA) is 29.3 Å². The molecule has 0 saturated heterocycles. The molecule has 1 N–H and O–H groups in total. The van der Waals surface area contributed by atoms with E-state index >= 15 is 0 Å². The first-order valence-electron chi connectivity index (χ1n) is 6.35. The summed E-state index contributed by atoms with van der Waals surface area (Å²) >= 11 is 0. The van der Waals surface area contributed by atoms with Gasteiger partial charge in [-0.2, -0.15) is 0 Å². The van der Waals surface area contributed by atoms with E-state index in [1.54, 1.807) is 0 Å². The van der Waals surface area contributed by atoms with Gasteiger partial charge in [-0.05, 0) is 25.5 Å². The maximum atomic E-state index is 5.37. The number of aryl methyl sites for hydroxylation is 1. The Labute approximate surface area is 108 Å². The van der Waals surface area contributed by atoms with Gasteiger partial charge >= 0.3 is 0 Å². The van der Waals surface area contributed by atoms with Gasteiger partial charge in [-0.3, -0.25) is 0 Å². The first kappa shape index (κ1) is 12.7. The average molecular weight is 241 g/mol. The van der Waals surface area contributed by atoms with E-state index in [1.807, 2.05) is 25.1 Å². The van der Waals surface area contributed by atoms with Crippen molar-refractivity contribution in [3.63, 3.8) is 0 Å². The number of imidazole rings is 1. The van der Waals surface area contributed by atoms with E-state index in [-0.39, 0.29) is 0 Å². The maximum absolute atomic E-state index is 5.37. The lowest BCUT2D eigenvalue weighted by Crippen LogP contribution is -2.28. The summed E-state index contributed by atoms with van der Waals surface area (Å²) < 4.78 is 2.13. The minimum absolute atomic E-state index is 0.378. The average Bonchev–Trinajstić information content (AvgIpc) is 2.70. The molecule has 1 unspecified atom stereocenters. The van der Waals surface area contributed by atoms with Gasteiger partial charge < -0.3 is 9.72 Å². The van der Waals surface area contributed by atoms with E-state index < -0.39 is 0 Å². The second kappa shape index (κ2) is 5.70. The molecule has 0 saturated carbocycles. The maximum Gasteiger partial charge on any atom is 0.137 e. The molecule has 94 valence electrons. The Balaban J connectivity index is 2.16. The Morgan fingerprint density at radius 1 is 1.50 bits per heavy atom. The number of pyridine rings is 1. The molecular formula is C15H19N3. The molecule has 0 radical (unpaired) electrons. The van der Waals surface area contributed by atoms with Crippen molar-refractivity contribution in [2.75, 3.05) is 0 Å². The zero-order chi connectivity index (χ0) is 13.0. The van der Waals surface area contributed by atoms with Crippen LogP contribution < -0.4 is 5.32 Å². The van der Waals surface area contributed by atoms with E-state index in [1.165, 1.54) is 5.69 Å². The first-order chi connectivity index (χ1) is 8.76. The summed E-state index contributed by atoms with van der Waals surface area (Å²) in [5, 5.41) is 3.50. The quantitative estimate of drug-likeness (QED) is 0.815. The molecule has 3 nitrogen and oxygen atoms in total. The minimum Gasteiger partial charge on any atom is -0.307 e. The van der Waals surface area contributed by atoms with Crippen molar-refractivity contribution < 1.29 is 0 Å². The van der Waals surface area contributed by atoms with Crippen molar-refractivity contribution in [3.05, 3.63) is 35.8 Å². The zero-order valence-corrected chi connectivity index (χ0v) is 11.0. The number of hydrogen-bond donors (Lipinski definition) is 1. The molecule has 0 amide bonds. The molecule has 1 atom stereocenters. The Bertz CT molecular complexity index is 563. The van der Waals surface area contributed by atoms with Gasteiger partial charge in [0.1, 0.15) is 5.65 Å². The summed E-state index contributed by atoms with van der Waals surface area (Å²) in [7, 11) is 0. The van der Waals surface area contributed by atoms with Crippen LogP contribution in [-0.2, 0) is 6.54 Å². The fourth-order valence-corrected chi connectivity index (χ4v) is 2.12. The van der Waals surface area contributed by atoms with Crippen molar-refractivity contribution in [3.8, 4) is 12.3 Å². The standard InChI is InChI=1S/C15H19N3/c1-4-8-13(5-2)16-11-14-12(3)17-15-9-6-7-10-18(14)15/h1,6-7,9-10,13,16H,5,8,11H2,2-3H3. The van der Waals surface area contributed by atoms with Gasteiger partial charge in [-0.25, -0.2) is 4.98 Å². The van der Waals surface area contributed by atoms with Crippen LogP contribution >= 0.6 is 0 Å². The van der Waals surface area contributed by atoms with Crippen molar-refractivity contribution in [2.45, 2.75) is 39.3 Å². The highest BCUT2D eigenvalue weighted by Crippen LogP contribution is 2.12. The van der Waals surface area contributed by atoms with E-state index in [4.69, 9.17) is 6.42 Å². The molecule has 3 heteroatoms. The Morgan fingerprint density at radius 2 is 2.33 bits per heavy atom. The molecule has 2 rings (SSSR count). The van der Waals surface area contributed by atoms with Gasteiger partial charge in [0.2, 0.25) is 0 Å². The van der Waals surface area contributed by atoms with Gasteiger partial charge in [0.15, 0.2) is 0 Å². The van der Waals surface area contributed by atoms with E-state index in [9.17, 15) is 0 Å². The molecule has 0 aromatic carbocycles. The molecule has 0 bridgehead atoms. The first-order valence-corrected chi connectivity index (χ1v) is 6.35. The van der Waals surface area contributed by atoms with Crippen LogP contribution in [-0.4, -0.2) is 15.4 Å². The third kappa shape index (κ3) is 2.55. The zero-order valence-electron chi connectivity index (χ0n) is 11.0. The molecule has 2 aromatic rings. The normalized spacial score (nSPS) is 12.5. The lowest BCUT2D eigenvalue weighted by atomic mass is 10.1. The lowest BCUT2D eigenvalue weighted by Gasteiger charge is -2.14. The van der Waals surface area contributed by atoms with E-state index in [2.05, 4.69) is 33.7 Å². The monoisotopic (exact) mass is 241 g/mol. The Morgan fingerprint density at radius 3 is 3.06 bits per heavy atom. The Kier molecular flexibility index (Phi) is 4.01. The number of fused-ring (bicyclic) bond motifs is 1. The fraction of sp³-hybridized carbons (Fsp3) is 0.400. The highest BCUT2D eigenvalue weighted by atomic mass is 15.0. The smallest absolute Gasteiger partial charge is 0.137 e. The molecule has 0 aliphatic rings. The molecule has 0 spiro atoms. The number of terminal acetylenes is 1. The highest BCUT2D eigenvalue weighted by molar-refractivity contribution is 5.42. The van der Waals surface area contributed by atoms with Crippen LogP contribution in [0.15, 0.2) is 24.4 Å². The van der Waals surface area contributed by atoms with Crippen LogP contribution in [0.3, 0.4) is 0 Å². The van der Waals surface area contributed by atoms with Crippen LogP contribution in [0, 0.1) is 19.3 Å². The second-order valence-corrected chi connectivity index (χ2v) is 4.47. The van der Waals surface area contributed by atoms with Crippen molar-refractivity contribution >= 4 is 5.65 Å². The summed E-state index contributed by atoms with van der Waals surface area (Å²) in [6.07, 6.45) is 9.23. The van der Waals surface area contributed by atoms with Gasteiger partial charge in [-0.15, -0.1) is 12.3 Å². The fourth-order valence-electron chi connectivity index (χ4n) is 2.12. The van der Waals surface area contributed by atoms with Crippen molar-refractivity contribution in [1.29, 1.82) is 0 Å². The Hall–Kier alpha value is -1.79.